The Kier molecular flexibility index (Phi) is 6.45. The van der Waals surface area contributed by atoms with Crippen LogP contribution < -0.4 is 5.32 Å². The van der Waals surface area contributed by atoms with Gasteiger partial charge in [0.2, 0.25) is 0 Å². The molecule has 0 radical (unpaired) electrons. The Balaban J connectivity index is 2.20. The van der Waals surface area contributed by atoms with E-state index < -0.39 is 10.8 Å². The second-order valence-electron chi connectivity index (χ2n) is 4.20. The summed E-state index contributed by atoms with van der Waals surface area (Å²) in [5, 5.41) is 3.50. The summed E-state index contributed by atoms with van der Waals surface area (Å²) < 4.78 is 16.6. The van der Waals surface area contributed by atoms with Gasteiger partial charge in [0.05, 0.1) is 6.61 Å². The van der Waals surface area contributed by atoms with E-state index >= 15 is 0 Å². The molecule has 1 N–H and O–H groups in total. The first-order valence-electron chi connectivity index (χ1n) is 5.85. The fraction of sp³-hybridized carbons (Fsp3) is 1.00. The zero-order valence-electron chi connectivity index (χ0n) is 9.83. The summed E-state index contributed by atoms with van der Waals surface area (Å²) in [6, 6.07) is 0.475. The van der Waals surface area contributed by atoms with Gasteiger partial charge in [-0.2, -0.15) is 0 Å². The molecule has 4 heteroatoms. The quantitative estimate of drug-likeness (QED) is 0.649. The second kappa shape index (κ2) is 7.36. The smallest absolute Gasteiger partial charge is 0.0577 e. The second-order valence-corrected chi connectivity index (χ2v) is 5.82. The Morgan fingerprint density at radius 3 is 2.80 bits per heavy atom. The summed E-state index contributed by atoms with van der Waals surface area (Å²) in [7, 11) is 0.936. The Hall–Kier alpha value is 0.0700. The Morgan fingerprint density at radius 1 is 1.53 bits per heavy atom. The Bertz CT molecular complexity index is 195. The van der Waals surface area contributed by atoms with Crippen LogP contribution in [-0.4, -0.2) is 42.0 Å². The lowest BCUT2D eigenvalue weighted by molar-refractivity contribution is 0.218. The maximum atomic E-state index is 11.7. The van der Waals surface area contributed by atoms with E-state index in [1.165, 1.54) is 12.8 Å². The number of methoxy groups -OCH3 is 1. The van der Waals surface area contributed by atoms with Crippen LogP contribution in [0.5, 0.6) is 0 Å². The molecule has 15 heavy (non-hydrogen) atoms. The average molecular weight is 233 g/mol. The molecule has 0 heterocycles. The van der Waals surface area contributed by atoms with E-state index in [4.69, 9.17) is 4.74 Å². The predicted octanol–water partition coefficient (Wildman–Crippen LogP) is 1.16. The minimum absolute atomic E-state index is 0.475. The standard InChI is InChI=1S/C11H23NO2S/c1-3-6-12-11(10-4-5-10)9-15(13)8-7-14-2/h10-12H,3-9H2,1-2H3. The third-order valence-corrected chi connectivity index (χ3v) is 4.08. The van der Waals surface area contributed by atoms with Gasteiger partial charge in [-0.15, -0.1) is 0 Å². The van der Waals surface area contributed by atoms with Gasteiger partial charge in [0.1, 0.15) is 0 Å². The van der Waals surface area contributed by atoms with Gasteiger partial charge in [-0.3, -0.25) is 4.21 Å². The van der Waals surface area contributed by atoms with Crippen LogP contribution in [0.1, 0.15) is 26.2 Å². The van der Waals surface area contributed by atoms with Crippen LogP contribution >= 0.6 is 0 Å². The Labute approximate surface area is 95.4 Å². The first-order valence-corrected chi connectivity index (χ1v) is 7.34. The highest BCUT2D eigenvalue weighted by molar-refractivity contribution is 7.85. The summed E-state index contributed by atoms with van der Waals surface area (Å²) >= 11 is 0. The molecule has 0 spiro atoms. The normalized spacial score (nSPS) is 20.1. The average Bonchev–Trinajstić information content (AvgIpc) is 3.04. The summed E-state index contributed by atoms with van der Waals surface area (Å²) in [4.78, 5) is 0. The van der Waals surface area contributed by atoms with Gasteiger partial charge < -0.3 is 10.1 Å². The van der Waals surface area contributed by atoms with Crippen LogP contribution in [0.25, 0.3) is 0 Å². The number of hydrogen-bond donors (Lipinski definition) is 1. The highest BCUT2D eigenvalue weighted by Crippen LogP contribution is 2.32. The summed E-state index contributed by atoms with van der Waals surface area (Å²) in [6.07, 6.45) is 3.76. The molecule has 0 aliphatic heterocycles. The topological polar surface area (TPSA) is 38.3 Å². The van der Waals surface area contributed by atoms with Gasteiger partial charge in [0.15, 0.2) is 0 Å². The molecule has 2 atom stereocenters. The van der Waals surface area contributed by atoms with Crippen molar-refractivity contribution in [2.45, 2.75) is 32.2 Å². The number of hydrogen-bond acceptors (Lipinski definition) is 3. The first-order chi connectivity index (χ1) is 7.27. The van der Waals surface area contributed by atoms with E-state index in [9.17, 15) is 4.21 Å². The van der Waals surface area contributed by atoms with Gasteiger partial charge in [-0.1, -0.05) is 6.92 Å². The molecule has 3 nitrogen and oxygen atoms in total. The van der Waals surface area contributed by atoms with Gasteiger partial charge in [-0.05, 0) is 31.7 Å². The highest BCUT2D eigenvalue weighted by atomic mass is 32.2. The van der Waals surface area contributed by atoms with Crippen LogP contribution in [0, 0.1) is 5.92 Å². The minimum atomic E-state index is -0.722. The van der Waals surface area contributed by atoms with Crippen molar-refractivity contribution in [2.75, 3.05) is 31.8 Å². The third kappa shape index (κ3) is 5.64. The summed E-state index contributed by atoms with van der Waals surface area (Å²) in [5.74, 6) is 2.25. The van der Waals surface area contributed by atoms with Crippen molar-refractivity contribution in [2.24, 2.45) is 5.92 Å². The van der Waals surface area contributed by atoms with Crippen molar-refractivity contribution >= 4 is 10.8 Å². The molecule has 1 aliphatic rings. The fourth-order valence-corrected chi connectivity index (χ4v) is 2.96. The summed E-state index contributed by atoms with van der Waals surface area (Å²) in [5.41, 5.74) is 0. The first kappa shape index (κ1) is 13.1. The zero-order valence-corrected chi connectivity index (χ0v) is 10.6. The zero-order chi connectivity index (χ0) is 11.1. The molecule has 1 saturated carbocycles. The molecule has 0 amide bonds. The van der Waals surface area contributed by atoms with E-state index in [1.807, 2.05) is 0 Å². The molecule has 1 aliphatic carbocycles. The van der Waals surface area contributed by atoms with Crippen molar-refractivity contribution in [1.82, 2.24) is 5.32 Å². The third-order valence-electron chi connectivity index (χ3n) is 2.73. The lowest BCUT2D eigenvalue weighted by Gasteiger charge is -2.17. The molecule has 0 saturated heterocycles. The van der Waals surface area contributed by atoms with Crippen molar-refractivity contribution in [1.29, 1.82) is 0 Å². The minimum Gasteiger partial charge on any atom is -0.384 e. The molecule has 0 aromatic carbocycles. The molecule has 2 unspecified atom stereocenters. The molecular weight excluding hydrogens is 210 g/mol. The predicted molar refractivity (Wildman–Crippen MR) is 64.6 cm³/mol. The van der Waals surface area contributed by atoms with Crippen LogP contribution in [0.3, 0.4) is 0 Å². The summed E-state index contributed by atoms with van der Waals surface area (Å²) in [6.45, 7) is 3.82. The lowest BCUT2D eigenvalue weighted by atomic mass is 10.2. The van der Waals surface area contributed by atoms with Gasteiger partial charge in [0, 0.05) is 35.5 Å². The molecular formula is C11H23NO2S. The molecule has 1 rings (SSSR count). The Morgan fingerprint density at radius 2 is 2.27 bits per heavy atom. The number of ether oxygens (including phenoxy) is 1. The molecule has 0 bridgehead atoms. The van der Waals surface area contributed by atoms with Gasteiger partial charge in [-0.25, -0.2) is 0 Å². The number of nitrogens with one attached hydrogen (secondary N) is 1. The van der Waals surface area contributed by atoms with E-state index in [0.29, 0.717) is 18.4 Å². The molecule has 1 fully saturated rings. The highest BCUT2D eigenvalue weighted by Gasteiger charge is 2.31. The van der Waals surface area contributed by atoms with E-state index in [0.717, 1.165) is 24.6 Å². The monoisotopic (exact) mass is 233 g/mol. The molecule has 0 aromatic heterocycles. The van der Waals surface area contributed by atoms with Crippen LogP contribution in [-0.2, 0) is 15.5 Å². The SMILES string of the molecule is CCCNC(CS(=O)CCOC)C1CC1. The largest absolute Gasteiger partial charge is 0.384 e. The molecule has 90 valence electrons. The van der Waals surface area contributed by atoms with Crippen molar-refractivity contribution < 1.29 is 8.95 Å². The molecule has 0 aromatic rings. The van der Waals surface area contributed by atoms with Crippen molar-refractivity contribution in [3.05, 3.63) is 0 Å². The number of rotatable bonds is 9. The lowest BCUT2D eigenvalue weighted by Crippen LogP contribution is -2.37. The fourth-order valence-electron chi connectivity index (χ4n) is 1.65. The van der Waals surface area contributed by atoms with Crippen LogP contribution in [0.4, 0.5) is 0 Å². The van der Waals surface area contributed by atoms with Crippen LogP contribution in [0.2, 0.25) is 0 Å². The van der Waals surface area contributed by atoms with E-state index in [-0.39, 0.29) is 0 Å². The van der Waals surface area contributed by atoms with Gasteiger partial charge in [0.25, 0.3) is 0 Å². The van der Waals surface area contributed by atoms with Crippen molar-refractivity contribution in [3.8, 4) is 0 Å². The van der Waals surface area contributed by atoms with E-state index in [2.05, 4.69) is 12.2 Å². The van der Waals surface area contributed by atoms with Crippen LogP contribution in [0.15, 0.2) is 0 Å². The maximum absolute atomic E-state index is 11.7. The maximum Gasteiger partial charge on any atom is 0.0577 e. The van der Waals surface area contributed by atoms with Gasteiger partial charge >= 0.3 is 0 Å². The van der Waals surface area contributed by atoms with E-state index in [1.54, 1.807) is 7.11 Å². The van der Waals surface area contributed by atoms with Crippen molar-refractivity contribution in [3.63, 3.8) is 0 Å².